The van der Waals surface area contributed by atoms with Gasteiger partial charge < -0.3 is 19.6 Å². The minimum atomic E-state index is -0.171. The largest absolute Gasteiger partial charge is 0.354 e. The summed E-state index contributed by atoms with van der Waals surface area (Å²) in [7, 11) is 2.13. The Morgan fingerprint density at radius 2 is 2.04 bits per heavy atom. The van der Waals surface area contributed by atoms with Gasteiger partial charge in [0.2, 0.25) is 0 Å². The zero-order valence-corrected chi connectivity index (χ0v) is 16.2. The Hall–Kier alpha value is -3.00. The second kappa shape index (κ2) is 7.93. The minimum absolute atomic E-state index is 0.171. The van der Waals surface area contributed by atoms with Gasteiger partial charge in [-0.05, 0) is 37.2 Å². The maximum absolute atomic E-state index is 12.6. The summed E-state index contributed by atoms with van der Waals surface area (Å²) >= 11 is 0. The summed E-state index contributed by atoms with van der Waals surface area (Å²) in [6.07, 6.45) is 4.05. The van der Waals surface area contributed by atoms with Crippen LogP contribution in [0.4, 0.5) is 5.82 Å². The van der Waals surface area contributed by atoms with Crippen LogP contribution in [0.5, 0.6) is 0 Å². The molecule has 0 bridgehead atoms. The number of aryl methyl sites for hydroxylation is 1. The summed E-state index contributed by atoms with van der Waals surface area (Å²) < 4.78 is 5.17. The van der Waals surface area contributed by atoms with Gasteiger partial charge in [-0.2, -0.15) is 0 Å². The van der Waals surface area contributed by atoms with Gasteiger partial charge in [-0.25, -0.2) is 9.97 Å². The SMILES string of the molecule is CCc1noc2ncc(C(=O)NCc3ccnc(N4CCN(C)CC4)c3)cc12. The average Bonchev–Trinajstić information content (AvgIpc) is 3.15. The highest BCUT2D eigenvalue weighted by Crippen LogP contribution is 2.18. The van der Waals surface area contributed by atoms with Crippen molar-refractivity contribution in [3.63, 3.8) is 0 Å². The van der Waals surface area contributed by atoms with Crippen molar-refractivity contribution in [2.24, 2.45) is 0 Å². The third-order valence-electron chi connectivity index (χ3n) is 5.09. The number of carbonyl (C=O) groups excluding carboxylic acids is 1. The highest BCUT2D eigenvalue weighted by molar-refractivity contribution is 5.96. The Labute approximate surface area is 163 Å². The lowest BCUT2D eigenvalue weighted by molar-refractivity contribution is 0.0950. The van der Waals surface area contributed by atoms with Crippen molar-refractivity contribution in [2.45, 2.75) is 19.9 Å². The predicted octanol–water partition coefficient (Wildman–Crippen LogP) is 1.86. The van der Waals surface area contributed by atoms with Crippen LogP contribution in [0, 0.1) is 0 Å². The van der Waals surface area contributed by atoms with Crippen LogP contribution in [0.3, 0.4) is 0 Å². The molecule has 0 radical (unpaired) electrons. The number of aromatic nitrogens is 3. The first-order valence-corrected chi connectivity index (χ1v) is 9.55. The predicted molar refractivity (Wildman–Crippen MR) is 106 cm³/mol. The van der Waals surface area contributed by atoms with Crippen LogP contribution in [-0.4, -0.2) is 59.2 Å². The number of piperazine rings is 1. The molecule has 1 aliphatic heterocycles. The van der Waals surface area contributed by atoms with E-state index in [9.17, 15) is 4.79 Å². The summed E-state index contributed by atoms with van der Waals surface area (Å²) in [4.78, 5) is 25.8. The molecule has 8 heteroatoms. The lowest BCUT2D eigenvalue weighted by Gasteiger charge is -2.33. The van der Waals surface area contributed by atoms with E-state index in [1.165, 1.54) is 6.20 Å². The molecule has 0 spiro atoms. The molecule has 8 nitrogen and oxygen atoms in total. The van der Waals surface area contributed by atoms with Gasteiger partial charge in [-0.15, -0.1) is 0 Å². The third-order valence-corrected chi connectivity index (χ3v) is 5.09. The molecule has 1 saturated heterocycles. The molecule has 3 aromatic heterocycles. The minimum Gasteiger partial charge on any atom is -0.354 e. The topological polar surface area (TPSA) is 87.4 Å². The maximum atomic E-state index is 12.6. The number of rotatable bonds is 5. The number of nitrogens with zero attached hydrogens (tertiary/aromatic N) is 5. The summed E-state index contributed by atoms with van der Waals surface area (Å²) in [6.45, 7) is 6.41. The Kier molecular flexibility index (Phi) is 5.21. The lowest BCUT2D eigenvalue weighted by Crippen LogP contribution is -2.44. The fourth-order valence-electron chi connectivity index (χ4n) is 3.32. The molecule has 1 N–H and O–H groups in total. The molecule has 0 aliphatic carbocycles. The number of hydrogen-bond donors (Lipinski definition) is 1. The molecule has 1 fully saturated rings. The van der Waals surface area contributed by atoms with E-state index in [0.717, 1.165) is 55.1 Å². The van der Waals surface area contributed by atoms with Gasteiger partial charge >= 0.3 is 0 Å². The molecule has 0 atom stereocenters. The second-order valence-electron chi connectivity index (χ2n) is 7.05. The molecule has 0 aromatic carbocycles. The van der Waals surface area contributed by atoms with Crippen LogP contribution >= 0.6 is 0 Å². The molecular weight excluding hydrogens is 356 g/mol. The molecule has 146 valence electrons. The maximum Gasteiger partial charge on any atom is 0.257 e. The van der Waals surface area contributed by atoms with Crippen LogP contribution in [0.2, 0.25) is 0 Å². The fraction of sp³-hybridized carbons (Fsp3) is 0.400. The molecule has 0 saturated carbocycles. The fourth-order valence-corrected chi connectivity index (χ4v) is 3.32. The van der Waals surface area contributed by atoms with Gasteiger partial charge in [0.25, 0.3) is 11.6 Å². The smallest absolute Gasteiger partial charge is 0.257 e. The summed E-state index contributed by atoms with van der Waals surface area (Å²) in [5, 5.41) is 7.73. The normalized spacial score (nSPS) is 15.1. The Morgan fingerprint density at radius 3 is 2.82 bits per heavy atom. The number of pyridine rings is 2. The number of amides is 1. The number of carbonyl (C=O) groups is 1. The number of nitrogens with one attached hydrogen (secondary N) is 1. The van der Waals surface area contributed by atoms with E-state index in [1.54, 1.807) is 12.3 Å². The summed E-state index contributed by atoms with van der Waals surface area (Å²) in [5.41, 5.74) is 2.78. The van der Waals surface area contributed by atoms with Gasteiger partial charge in [0.1, 0.15) is 5.82 Å². The Balaban J connectivity index is 1.43. The van der Waals surface area contributed by atoms with Gasteiger partial charge in [0.15, 0.2) is 0 Å². The number of likely N-dealkylation sites (N-methyl/N-ethyl adjacent to an activating group) is 1. The Morgan fingerprint density at radius 1 is 1.21 bits per heavy atom. The highest BCUT2D eigenvalue weighted by Gasteiger charge is 2.16. The molecule has 4 heterocycles. The van der Waals surface area contributed by atoms with Crippen molar-refractivity contribution in [2.75, 3.05) is 38.1 Å². The molecule has 28 heavy (non-hydrogen) atoms. The van der Waals surface area contributed by atoms with Gasteiger partial charge in [0, 0.05) is 45.1 Å². The van der Waals surface area contributed by atoms with E-state index in [1.807, 2.05) is 19.1 Å². The van der Waals surface area contributed by atoms with Gasteiger partial charge in [-0.3, -0.25) is 4.79 Å². The zero-order valence-electron chi connectivity index (χ0n) is 16.2. The first-order chi connectivity index (χ1) is 13.6. The molecular formula is C20H24N6O2. The van der Waals surface area contributed by atoms with Crippen LogP contribution in [-0.2, 0) is 13.0 Å². The number of anilines is 1. The van der Waals surface area contributed by atoms with Crippen LogP contribution < -0.4 is 10.2 Å². The van der Waals surface area contributed by atoms with Crippen molar-refractivity contribution < 1.29 is 9.32 Å². The van der Waals surface area contributed by atoms with E-state index in [0.29, 0.717) is 17.8 Å². The average molecular weight is 380 g/mol. The zero-order chi connectivity index (χ0) is 19.5. The lowest BCUT2D eigenvalue weighted by atomic mass is 10.1. The highest BCUT2D eigenvalue weighted by atomic mass is 16.5. The first-order valence-electron chi connectivity index (χ1n) is 9.55. The second-order valence-corrected chi connectivity index (χ2v) is 7.05. The van der Waals surface area contributed by atoms with Crippen molar-refractivity contribution in [3.05, 3.63) is 47.4 Å². The van der Waals surface area contributed by atoms with Gasteiger partial charge in [-0.1, -0.05) is 12.1 Å². The molecule has 1 amide bonds. The molecule has 1 aliphatic rings. The van der Waals surface area contributed by atoms with Gasteiger partial charge in [0.05, 0.1) is 16.6 Å². The monoisotopic (exact) mass is 380 g/mol. The van der Waals surface area contributed by atoms with E-state index >= 15 is 0 Å². The van der Waals surface area contributed by atoms with Crippen molar-refractivity contribution in [1.82, 2.24) is 25.3 Å². The molecule has 4 rings (SSSR count). The van der Waals surface area contributed by atoms with E-state index in [4.69, 9.17) is 4.52 Å². The van der Waals surface area contributed by atoms with Crippen molar-refractivity contribution in [3.8, 4) is 0 Å². The van der Waals surface area contributed by atoms with E-state index in [-0.39, 0.29) is 5.91 Å². The van der Waals surface area contributed by atoms with E-state index in [2.05, 4.69) is 37.3 Å². The van der Waals surface area contributed by atoms with Crippen molar-refractivity contribution in [1.29, 1.82) is 0 Å². The van der Waals surface area contributed by atoms with E-state index < -0.39 is 0 Å². The summed E-state index contributed by atoms with van der Waals surface area (Å²) in [6, 6.07) is 5.76. The molecule has 3 aromatic rings. The Bertz CT molecular complexity index is 978. The molecule has 0 unspecified atom stereocenters. The first kappa shape index (κ1) is 18.4. The summed E-state index contributed by atoms with van der Waals surface area (Å²) in [5.74, 6) is 0.788. The quantitative estimate of drug-likeness (QED) is 0.723. The third kappa shape index (κ3) is 3.82. The number of hydrogen-bond acceptors (Lipinski definition) is 7. The van der Waals surface area contributed by atoms with Crippen LogP contribution in [0.25, 0.3) is 11.1 Å². The van der Waals surface area contributed by atoms with Crippen LogP contribution in [0.15, 0.2) is 35.1 Å². The number of fused-ring (bicyclic) bond motifs is 1. The van der Waals surface area contributed by atoms with Crippen molar-refractivity contribution >= 4 is 22.8 Å². The standard InChI is InChI=1S/C20H24N6O2/c1-3-17-16-11-15(13-23-20(16)28-24-17)19(27)22-12-14-4-5-21-18(10-14)26-8-6-25(2)7-9-26/h4-5,10-11,13H,3,6-9,12H2,1-2H3,(H,22,27). The van der Waals surface area contributed by atoms with Crippen LogP contribution in [0.1, 0.15) is 28.5 Å².